The highest BCUT2D eigenvalue weighted by molar-refractivity contribution is 9.10. The predicted octanol–water partition coefficient (Wildman–Crippen LogP) is 3.74. The van der Waals surface area contributed by atoms with Gasteiger partial charge in [0.15, 0.2) is 0 Å². The first-order valence-electron chi connectivity index (χ1n) is 4.46. The number of hydrogen-bond donors (Lipinski definition) is 1. The molecule has 1 aromatic carbocycles. The average Bonchev–Trinajstić information content (AvgIpc) is 2.23. The van der Waals surface area contributed by atoms with Crippen LogP contribution in [0.25, 0.3) is 16.5 Å². The van der Waals surface area contributed by atoms with E-state index in [-0.39, 0.29) is 0 Å². The van der Waals surface area contributed by atoms with Crippen molar-refractivity contribution in [2.24, 2.45) is 5.11 Å². The van der Waals surface area contributed by atoms with Crippen molar-refractivity contribution in [2.75, 3.05) is 12.3 Å². The smallest absolute Gasteiger partial charge is 0.0458 e. The third-order valence-corrected chi connectivity index (χ3v) is 2.48. The number of azide groups is 1. The molecular weight excluding hydrogens is 256 g/mol. The zero-order valence-electron chi connectivity index (χ0n) is 8.10. The molecule has 0 radical (unpaired) electrons. The second-order valence-corrected chi connectivity index (χ2v) is 3.78. The standard InChI is InChI=1S/C10H11BrN4/c11-9-7-8(4-5-10(9)12)3-1-2-6-14-15-13/h1,3-5,7H,2,6,12H2. The van der Waals surface area contributed by atoms with E-state index in [0.717, 1.165) is 22.1 Å². The number of rotatable bonds is 4. The van der Waals surface area contributed by atoms with Crippen LogP contribution in [0.3, 0.4) is 0 Å². The maximum atomic E-state index is 8.06. The Morgan fingerprint density at radius 1 is 1.53 bits per heavy atom. The molecule has 5 heteroatoms. The van der Waals surface area contributed by atoms with Crippen molar-refractivity contribution >= 4 is 27.7 Å². The van der Waals surface area contributed by atoms with Gasteiger partial charge in [0.1, 0.15) is 0 Å². The molecule has 1 aromatic rings. The van der Waals surface area contributed by atoms with E-state index in [0.29, 0.717) is 6.54 Å². The van der Waals surface area contributed by atoms with Crippen LogP contribution < -0.4 is 5.73 Å². The van der Waals surface area contributed by atoms with Gasteiger partial charge < -0.3 is 5.73 Å². The van der Waals surface area contributed by atoms with E-state index in [1.54, 1.807) is 0 Å². The minimum atomic E-state index is 0.489. The lowest BCUT2D eigenvalue weighted by atomic mass is 10.2. The fourth-order valence-corrected chi connectivity index (χ4v) is 1.44. The Hall–Kier alpha value is -1.45. The third kappa shape index (κ3) is 4.06. The molecule has 0 saturated carbocycles. The van der Waals surface area contributed by atoms with Crippen LogP contribution in [0.4, 0.5) is 5.69 Å². The van der Waals surface area contributed by atoms with E-state index in [1.165, 1.54) is 0 Å². The molecule has 0 fully saturated rings. The quantitative estimate of drug-likeness (QED) is 0.291. The molecule has 0 spiro atoms. The number of nitrogens with two attached hydrogens (primary N) is 1. The van der Waals surface area contributed by atoms with E-state index in [9.17, 15) is 0 Å². The molecule has 0 amide bonds. The van der Waals surface area contributed by atoms with Crippen molar-refractivity contribution in [3.05, 3.63) is 44.8 Å². The molecule has 0 heterocycles. The van der Waals surface area contributed by atoms with Crippen LogP contribution in [-0.4, -0.2) is 6.54 Å². The summed E-state index contributed by atoms with van der Waals surface area (Å²) in [5, 5.41) is 3.43. The van der Waals surface area contributed by atoms with Crippen LogP contribution in [0.2, 0.25) is 0 Å². The predicted molar refractivity (Wildman–Crippen MR) is 66.2 cm³/mol. The lowest BCUT2D eigenvalue weighted by molar-refractivity contribution is 0.996. The van der Waals surface area contributed by atoms with Crippen LogP contribution in [0, 0.1) is 0 Å². The van der Waals surface area contributed by atoms with Crippen LogP contribution in [0.5, 0.6) is 0 Å². The normalized spacial score (nSPS) is 10.2. The van der Waals surface area contributed by atoms with Crippen molar-refractivity contribution in [3.8, 4) is 0 Å². The van der Waals surface area contributed by atoms with Gasteiger partial charge in [0.2, 0.25) is 0 Å². The Balaban J connectivity index is 2.56. The van der Waals surface area contributed by atoms with Crippen LogP contribution in [0.1, 0.15) is 12.0 Å². The van der Waals surface area contributed by atoms with Gasteiger partial charge in [0.25, 0.3) is 0 Å². The maximum absolute atomic E-state index is 8.06. The van der Waals surface area contributed by atoms with Crippen LogP contribution in [-0.2, 0) is 0 Å². The zero-order chi connectivity index (χ0) is 11.1. The summed E-state index contributed by atoms with van der Waals surface area (Å²) in [5.41, 5.74) is 15.5. The highest BCUT2D eigenvalue weighted by Gasteiger charge is 1.94. The fourth-order valence-electron chi connectivity index (χ4n) is 1.04. The molecule has 0 aliphatic rings. The summed E-state index contributed by atoms with van der Waals surface area (Å²) in [4.78, 5) is 2.67. The minimum Gasteiger partial charge on any atom is -0.398 e. The van der Waals surface area contributed by atoms with Gasteiger partial charge in [-0.1, -0.05) is 23.3 Å². The monoisotopic (exact) mass is 266 g/mol. The zero-order valence-corrected chi connectivity index (χ0v) is 9.68. The molecule has 1 rings (SSSR count). The van der Waals surface area contributed by atoms with Crippen molar-refractivity contribution in [1.29, 1.82) is 0 Å². The molecule has 0 atom stereocenters. The summed E-state index contributed by atoms with van der Waals surface area (Å²) in [6.07, 6.45) is 4.68. The van der Waals surface area contributed by atoms with Gasteiger partial charge in [0.05, 0.1) is 0 Å². The molecule has 2 N–H and O–H groups in total. The number of anilines is 1. The van der Waals surface area contributed by atoms with E-state index in [1.807, 2.05) is 30.4 Å². The van der Waals surface area contributed by atoms with Crippen molar-refractivity contribution in [3.63, 3.8) is 0 Å². The molecule has 0 unspecified atom stereocenters. The van der Waals surface area contributed by atoms with Gasteiger partial charge in [0, 0.05) is 21.6 Å². The number of benzene rings is 1. The lowest BCUT2D eigenvalue weighted by Gasteiger charge is -1.98. The second-order valence-electron chi connectivity index (χ2n) is 2.93. The Morgan fingerprint density at radius 2 is 2.33 bits per heavy atom. The largest absolute Gasteiger partial charge is 0.398 e. The molecule has 4 nitrogen and oxygen atoms in total. The number of nitrogens with zero attached hydrogens (tertiary/aromatic N) is 3. The van der Waals surface area contributed by atoms with E-state index in [2.05, 4.69) is 26.0 Å². The third-order valence-electron chi connectivity index (χ3n) is 1.79. The number of hydrogen-bond acceptors (Lipinski definition) is 2. The van der Waals surface area contributed by atoms with Gasteiger partial charge in [-0.05, 0) is 45.6 Å². The van der Waals surface area contributed by atoms with Crippen molar-refractivity contribution < 1.29 is 0 Å². The molecule has 0 aromatic heterocycles. The van der Waals surface area contributed by atoms with Crippen molar-refractivity contribution in [2.45, 2.75) is 6.42 Å². The summed E-state index contributed by atoms with van der Waals surface area (Å²) in [6, 6.07) is 5.72. The molecule has 0 aliphatic heterocycles. The maximum Gasteiger partial charge on any atom is 0.0458 e. The van der Waals surface area contributed by atoms with Gasteiger partial charge in [-0.15, -0.1) is 0 Å². The molecule has 78 valence electrons. The summed E-state index contributed by atoms with van der Waals surface area (Å²) >= 11 is 3.35. The summed E-state index contributed by atoms with van der Waals surface area (Å²) in [6.45, 7) is 0.489. The minimum absolute atomic E-state index is 0.489. The Bertz CT molecular complexity index is 408. The molecule has 0 aliphatic carbocycles. The molecule has 15 heavy (non-hydrogen) atoms. The highest BCUT2D eigenvalue weighted by atomic mass is 79.9. The summed E-state index contributed by atoms with van der Waals surface area (Å²) in [7, 11) is 0. The SMILES string of the molecule is [N-]=[N+]=NCCC=Cc1ccc(N)c(Br)c1. The number of halogens is 1. The first kappa shape index (κ1) is 11.6. The van der Waals surface area contributed by atoms with E-state index >= 15 is 0 Å². The average molecular weight is 267 g/mol. The summed E-state index contributed by atoms with van der Waals surface area (Å²) in [5.74, 6) is 0. The van der Waals surface area contributed by atoms with Gasteiger partial charge >= 0.3 is 0 Å². The lowest BCUT2D eigenvalue weighted by Crippen LogP contribution is -1.86. The fraction of sp³-hybridized carbons (Fsp3) is 0.200. The summed E-state index contributed by atoms with van der Waals surface area (Å²) < 4.78 is 0.889. The first-order valence-corrected chi connectivity index (χ1v) is 5.26. The Labute approximate surface area is 96.5 Å². The van der Waals surface area contributed by atoms with Crippen LogP contribution >= 0.6 is 15.9 Å². The topological polar surface area (TPSA) is 74.8 Å². The van der Waals surface area contributed by atoms with Crippen LogP contribution in [0.15, 0.2) is 33.9 Å². The molecular formula is C10H11BrN4. The molecule has 0 saturated heterocycles. The van der Waals surface area contributed by atoms with Crippen molar-refractivity contribution in [1.82, 2.24) is 0 Å². The van der Waals surface area contributed by atoms with E-state index < -0.39 is 0 Å². The Kier molecular flexibility index (Phi) is 4.74. The molecule has 0 bridgehead atoms. The Morgan fingerprint density at radius 3 is 3.00 bits per heavy atom. The highest BCUT2D eigenvalue weighted by Crippen LogP contribution is 2.21. The first-order chi connectivity index (χ1) is 7.24. The van der Waals surface area contributed by atoms with Gasteiger partial charge in [-0.2, -0.15) is 0 Å². The number of nitrogen functional groups attached to an aromatic ring is 1. The van der Waals surface area contributed by atoms with Gasteiger partial charge in [-0.3, -0.25) is 0 Å². The second kappa shape index (κ2) is 6.11. The van der Waals surface area contributed by atoms with E-state index in [4.69, 9.17) is 11.3 Å². The van der Waals surface area contributed by atoms with Gasteiger partial charge in [-0.25, -0.2) is 0 Å².